The molecule has 1 saturated carbocycles. The predicted octanol–water partition coefficient (Wildman–Crippen LogP) is 24.8. The van der Waals surface area contributed by atoms with Crippen LogP contribution in [-0.4, -0.2) is 287 Å². The molecular weight excluding hydrogens is 1530 g/mol. The Hall–Kier alpha value is -0.920. The molecule has 736 valence electrons. The second-order valence-corrected chi connectivity index (χ2v) is 59.1. The van der Waals surface area contributed by atoms with Gasteiger partial charge in [-0.25, -0.2) is 0 Å². The molecule has 4 unspecified atom stereocenters. The molecule has 12 heteroatoms. The summed E-state index contributed by atoms with van der Waals surface area (Å²) in [4.78, 5) is 32.0. The number of nitrogens with zero attached hydrogens (tertiary/aromatic N) is 12. The van der Waals surface area contributed by atoms with Crippen molar-refractivity contribution in [1.82, 2.24) is 58.8 Å². The number of piperidine rings is 9. The number of likely N-dealkylation sites (tertiary alicyclic amines) is 10. The van der Waals surface area contributed by atoms with Crippen molar-refractivity contribution in [3.63, 3.8) is 0 Å². The Kier molecular flexibility index (Phi) is 40.1. The Morgan fingerprint density at radius 2 is 0.600 bits per heavy atom. The minimum atomic E-state index is 0.132. The number of hydrogen-bond donors (Lipinski definition) is 0. The van der Waals surface area contributed by atoms with Crippen molar-refractivity contribution < 1.29 is 0 Å². The van der Waals surface area contributed by atoms with E-state index in [0.29, 0.717) is 82.1 Å². The van der Waals surface area contributed by atoms with E-state index in [4.69, 9.17) is 0 Å². The van der Waals surface area contributed by atoms with Crippen LogP contribution < -0.4 is 0 Å². The average molecular weight is 1750 g/mol. The average Bonchev–Trinajstić information content (AvgIpc) is 0.749. The number of rotatable bonds is 6. The fourth-order valence-electron chi connectivity index (χ4n) is 23.3. The van der Waals surface area contributed by atoms with Gasteiger partial charge in [0.2, 0.25) is 0 Å². The van der Waals surface area contributed by atoms with E-state index in [1.807, 2.05) is 0 Å². The van der Waals surface area contributed by atoms with Gasteiger partial charge in [0.25, 0.3) is 0 Å². The molecule has 4 atom stereocenters. The van der Waals surface area contributed by atoms with Gasteiger partial charge in [-0.15, -0.1) is 0 Å². The normalized spacial score (nSPS) is 28.3. The van der Waals surface area contributed by atoms with Crippen LogP contribution in [0.1, 0.15) is 394 Å². The standard InChI is InChI=1S/C19H37N.2C17H34N2.C16H32N2.C15H30N2.C15H28N2.C14H29N/c1-17(2,3)14-15-12-16(13-15)20-10-8-19(7,9-11-20)18(4,5)6;1-16(2,3)13-18-9-7-15-12-19(17(4,5)6)10-8-14(15)11-18;1-16(2,3)13-18-9-7-14-8-10-19(17(4,5)6)12-15(14)11-18;1-15(2,3)17-9-7-13-8-10-18(16(4,5)6)12-14(13)11-17;1-13(2,3)16-9-7-15(8-10-16)11-17(12-15)14(4,5)6;1-14(2,3)8-7-9-16-10-12-17(13-11-16)15(4,5)6;1-13(2,3)11-15-9-7-12(8-10-15)14(4,5)6/h15-16H,8-14H2,1-7H3;2*14-15H,7-13H2,1-6H3;13-14H,7-12H2,1-6H3;7-12H2,1-6H3;9-13H2,1-6H3;12H,7-11H2,1-6H3. The molecule has 12 aliphatic rings. The molecule has 0 N–H and O–H groups in total. The van der Waals surface area contributed by atoms with Crippen LogP contribution in [0.2, 0.25) is 0 Å². The maximum absolute atomic E-state index is 3.31. The SMILES string of the molecule is CC(C)(C)C#CCN1CCN(C(C)(C)C)CC1.CC(C)(C)CC1CC(N2CCC(C)(C(C)(C)C)CC2)C1.CC(C)(C)CN1CCC(C(C)(C)C)CC1.CC(C)(C)CN1CCC2CCN(C(C)(C)C)CC2C1.CC(C)(C)CN1CCC2CN(C(C)(C)C)CCC2C1.CC(C)(C)N1CCC2(CC1)CN(C(C)(C)C)C2.CC(C)(C)N1CCC2CCN(C(C)(C)C)CC2C1. The summed E-state index contributed by atoms with van der Waals surface area (Å²) in [7, 11) is 0. The van der Waals surface area contributed by atoms with Crippen molar-refractivity contribution in [2.24, 2.45) is 96.1 Å². The fraction of sp³-hybridized carbons (Fsp3) is 0.982. The van der Waals surface area contributed by atoms with E-state index < -0.39 is 0 Å². The van der Waals surface area contributed by atoms with E-state index in [0.717, 1.165) is 73.0 Å². The van der Waals surface area contributed by atoms with Crippen molar-refractivity contribution >= 4 is 0 Å². The van der Waals surface area contributed by atoms with Gasteiger partial charge in [-0.3, -0.25) is 39.2 Å². The molecular formula is C113H224N12. The molecule has 125 heavy (non-hydrogen) atoms. The lowest BCUT2D eigenvalue weighted by molar-refractivity contribution is -0.0990. The molecule has 11 aliphatic heterocycles. The van der Waals surface area contributed by atoms with Crippen LogP contribution in [-0.2, 0) is 0 Å². The fourth-order valence-corrected chi connectivity index (χ4v) is 23.3. The summed E-state index contributed by atoms with van der Waals surface area (Å²) >= 11 is 0. The molecule has 0 aromatic rings. The molecule has 0 bridgehead atoms. The third kappa shape index (κ3) is 39.0. The Bertz CT molecular complexity index is 3090. The highest BCUT2D eigenvalue weighted by atomic mass is 15.3. The van der Waals surface area contributed by atoms with Gasteiger partial charge in [-0.2, -0.15) is 0 Å². The summed E-state index contributed by atoms with van der Waals surface area (Å²) < 4.78 is 0. The van der Waals surface area contributed by atoms with Crippen molar-refractivity contribution in [1.29, 1.82) is 0 Å². The maximum Gasteiger partial charge on any atom is 0.0602 e. The topological polar surface area (TPSA) is 38.9 Å². The highest BCUT2D eigenvalue weighted by Gasteiger charge is 2.50. The second kappa shape index (κ2) is 44.5. The molecule has 0 amide bonds. The van der Waals surface area contributed by atoms with Crippen LogP contribution in [0, 0.1) is 108 Å². The third-order valence-electron chi connectivity index (χ3n) is 32.4. The predicted molar refractivity (Wildman–Crippen MR) is 552 cm³/mol. The lowest BCUT2D eigenvalue weighted by Gasteiger charge is -2.59. The van der Waals surface area contributed by atoms with Gasteiger partial charge in [0.15, 0.2) is 0 Å². The van der Waals surface area contributed by atoms with Crippen molar-refractivity contribution in [3.8, 4) is 11.8 Å². The zero-order valence-electron chi connectivity index (χ0n) is 93.0. The van der Waals surface area contributed by atoms with Gasteiger partial charge in [-0.1, -0.05) is 143 Å². The van der Waals surface area contributed by atoms with E-state index in [1.165, 1.54) is 260 Å². The van der Waals surface area contributed by atoms with Gasteiger partial charge in [0, 0.05) is 148 Å². The Morgan fingerprint density at radius 3 is 0.952 bits per heavy atom. The Morgan fingerprint density at radius 1 is 0.280 bits per heavy atom. The first kappa shape index (κ1) is 113. The first-order chi connectivity index (χ1) is 56.5. The summed E-state index contributed by atoms with van der Waals surface area (Å²) in [5.41, 5.74) is 6.56. The highest BCUT2D eigenvalue weighted by Crippen LogP contribution is 2.50. The Labute approximate surface area is 784 Å². The van der Waals surface area contributed by atoms with E-state index in [1.54, 1.807) is 0 Å². The van der Waals surface area contributed by atoms with E-state index in [-0.39, 0.29) is 5.41 Å². The second-order valence-electron chi connectivity index (χ2n) is 59.1. The van der Waals surface area contributed by atoms with Crippen LogP contribution in [0.3, 0.4) is 0 Å². The molecule has 0 aromatic heterocycles. The van der Waals surface area contributed by atoms with Crippen LogP contribution in [0.5, 0.6) is 0 Å². The minimum Gasteiger partial charge on any atom is -0.303 e. The Balaban J connectivity index is 0.000000226. The largest absolute Gasteiger partial charge is 0.303 e. The van der Waals surface area contributed by atoms with Crippen LogP contribution in [0.4, 0.5) is 0 Å². The van der Waals surface area contributed by atoms with Gasteiger partial charge in [0.1, 0.15) is 0 Å². The summed E-state index contributed by atoms with van der Waals surface area (Å²) in [6.45, 7) is 137. The lowest BCUT2D eigenvalue weighted by atomic mass is 9.62. The van der Waals surface area contributed by atoms with Gasteiger partial charge in [0.05, 0.1) is 6.54 Å². The first-order valence-electron chi connectivity index (χ1n) is 52.9. The summed E-state index contributed by atoms with van der Waals surface area (Å²) in [5, 5.41) is 0. The molecule has 11 heterocycles. The van der Waals surface area contributed by atoms with Crippen molar-refractivity contribution in [2.75, 3.05) is 183 Å². The van der Waals surface area contributed by atoms with E-state index in [9.17, 15) is 0 Å². The molecule has 12 fully saturated rings. The lowest BCUT2D eigenvalue weighted by Crippen LogP contribution is -2.66. The van der Waals surface area contributed by atoms with Crippen molar-refractivity contribution in [3.05, 3.63) is 0 Å². The van der Waals surface area contributed by atoms with Gasteiger partial charge in [-0.05, 0) is 432 Å². The first-order valence-corrected chi connectivity index (χ1v) is 52.9. The molecule has 1 spiro atoms. The van der Waals surface area contributed by atoms with E-state index in [2.05, 4.69) is 368 Å². The smallest absolute Gasteiger partial charge is 0.0602 e. The monoisotopic (exact) mass is 1750 g/mol. The van der Waals surface area contributed by atoms with Crippen LogP contribution in [0.25, 0.3) is 0 Å². The van der Waals surface area contributed by atoms with E-state index >= 15 is 0 Å². The maximum atomic E-state index is 3.31. The van der Waals surface area contributed by atoms with Crippen LogP contribution in [0.15, 0.2) is 0 Å². The third-order valence-corrected chi connectivity index (χ3v) is 32.4. The number of hydrogen-bond acceptors (Lipinski definition) is 12. The minimum absolute atomic E-state index is 0.132. The summed E-state index contributed by atoms with van der Waals surface area (Å²) in [5.74, 6) is 14.2. The van der Waals surface area contributed by atoms with Gasteiger partial charge < -0.3 is 19.6 Å². The van der Waals surface area contributed by atoms with Gasteiger partial charge >= 0.3 is 0 Å². The summed E-state index contributed by atoms with van der Waals surface area (Å²) in [6.07, 6.45) is 21.2. The quantitative estimate of drug-likeness (QED) is 0.238. The number of piperazine rings is 1. The molecule has 11 saturated heterocycles. The zero-order chi connectivity index (χ0) is 94.9. The van der Waals surface area contributed by atoms with Crippen molar-refractivity contribution in [2.45, 2.75) is 439 Å². The zero-order valence-corrected chi connectivity index (χ0v) is 93.0. The highest BCUT2D eigenvalue weighted by molar-refractivity contribution is 5.10. The summed E-state index contributed by atoms with van der Waals surface area (Å²) in [6, 6.07) is 0.909. The molecule has 0 aromatic carbocycles. The molecule has 1 aliphatic carbocycles. The number of fused-ring (bicyclic) bond motifs is 3. The molecule has 12 rings (SSSR count). The van der Waals surface area contributed by atoms with Crippen LogP contribution >= 0.6 is 0 Å². The molecule has 0 radical (unpaired) electrons. The molecule has 12 nitrogen and oxygen atoms in total.